The number of hydrogen-bond donors (Lipinski definition) is 0. The molecule has 2 aliphatic heterocycles. The Bertz CT molecular complexity index is 461. The van der Waals surface area contributed by atoms with Crippen molar-refractivity contribution in [2.75, 3.05) is 13.6 Å². The molecule has 0 atom stereocenters. The minimum absolute atomic E-state index is 0. The van der Waals surface area contributed by atoms with Gasteiger partial charge >= 0.3 is 41.9 Å². The molecule has 4 nitrogen and oxygen atoms in total. The number of benzene rings is 2. The summed E-state index contributed by atoms with van der Waals surface area (Å²) in [4.78, 5) is 0. The number of rotatable bonds is 0. The molecule has 2 aliphatic rings. The van der Waals surface area contributed by atoms with Gasteiger partial charge in [-0.05, 0) is 0 Å². The fourth-order valence-corrected chi connectivity index (χ4v) is 1.58. The molecule has 0 bridgehead atoms. The minimum atomic E-state index is 0. The van der Waals surface area contributed by atoms with E-state index in [1.165, 1.54) is 0 Å². The van der Waals surface area contributed by atoms with Crippen LogP contribution >= 0.6 is 0 Å². The van der Waals surface area contributed by atoms with Gasteiger partial charge in [0.1, 0.15) is 0 Å². The zero-order valence-electron chi connectivity index (χ0n) is 11.6. The summed E-state index contributed by atoms with van der Waals surface area (Å²) in [6.45, 7) is 0.681. The van der Waals surface area contributed by atoms with Crippen LogP contribution in [0.25, 0.3) is 0 Å². The second-order valence-electron chi connectivity index (χ2n) is 3.56. The molecule has 0 amide bonds. The van der Waals surface area contributed by atoms with Gasteiger partial charge in [-0.1, -0.05) is 0 Å². The molecule has 2 aromatic rings. The molecule has 0 fully saturated rings. The third kappa shape index (κ3) is 5.31. The minimum Gasteiger partial charge on any atom is -1.00 e. The van der Waals surface area contributed by atoms with Crippen LogP contribution in [0.15, 0.2) is 36.4 Å². The summed E-state index contributed by atoms with van der Waals surface area (Å²) >= 11 is 0. The summed E-state index contributed by atoms with van der Waals surface area (Å²) in [6, 6.07) is 16.6. The van der Waals surface area contributed by atoms with Gasteiger partial charge in [-0.3, -0.25) is 0 Å². The Morgan fingerprint density at radius 1 is 0.714 bits per heavy atom. The Morgan fingerprint density at radius 2 is 1.10 bits per heavy atom. The van der Waals surface area contributed by atoms with Crippen molar-refractivity contribution in [1.82, 2.24) is 0 Å². The first-order chi connectivity index (χ1) is 8.93. The van der Waals surface area contributed by atoms with Crippen LogP contribution in [0.4, 0.5) is 0 Å². The molecule has 0 spiro atoms. The van der Waals surface area contributed by atoms with Crippen LogP contribution in [0.5, 0.6) is 23.0 Å². The number of fused-ring (bicyclic) bond motifs is 2. The number of ether oxygens (including phenoxy) is 4. The van der Waals surface area contributed by atoms with Gasteiger partial charge in [0.15, 0.2) is 0 Å². The molecular formula is C14H10BrLiMgO4. The van der Waals surface area contributed by atoms with E-state index >= 15 is 0 Å². The molecule has 2 heterocycles. The van der Waals surface area contributed by atoms with Crippen molar-refractivity contribution < 1.29 is 54.8 Å². The summed E-state index contributed by atoms with van der Waals surface area (Å²) in [5.41, 5.74) is 0. The summed E-state index contributed by atoms with van der Waals surface area (Å²) in [7, 11) is 0. The maximum atomic E-state index is 5.06. The Morgan fingerprint density at radius 3 is 1.48 bits per heavy atom. The van der Waals surface area contributed by atoms with Crippen LogP contribution in [-0.4, -0.2) is 36.6 Å². The van der Waals surface area contributed by atoms with E-state index in [-0.39, 0.29) is 58.9 Å². The van der Waals surface area contributed by atoms with Crippen molar-refractivity contribution >= 4 is 23.1 Å². The Hall–Kier alpha value is -0.516. The normalized spacial score (nSPS) is 11.8. The molecule has 0 aliphatic carbocycles. The van der Waals surface area contributed by atoms with Gasteiger partial charge in [-0.2, -0.15) is 24.3 Å². The smallest absolute Gasteiger partial charge is 1.00 e. The zero-order valence-corrected chi connectivity index (χ0v) is 14.6. The monoisotopic (exact) mass is 352 g/mol. The quantitative estimate of drug-likeness (QED) is 0.358. The number of hydrogen-bond acceptors (Lipinski definition) is 4. The van der Waals surface area contributed by atoms with E-state index in [2.05, 4.69) is 12.1 Å². The van der Waals surface area contributed by atoms with E-state index in [0.29, 0.717) is 13.6 Å². The Balaban J connectivity index is 0.000000333. The van der Waals surface area contributed by atoms with E-state index in [0.717, 1.165) is 23.0 Å². The van der Waals surface area contributed by atoms with Crippen LogP contribution < -0.4 is 54.8 Å². The molecule has 21 heavy (non-hydrogen) atoms. The molecule has 100 valence electrons. The first-order valence-electron chi connectivity index (χ1n) is 5.45. The molecule has 2 aromatic carbocycles. The molecule has 0 saturated carbocycles. The summed E-state index contributed by atoms with van der Waals surface area (Å²) < 4.78 is 20.2. The molecule has 0 radical (unpaired) electrons. The molecular weight excluding hydrogens is 343 g/mol. The fraction of sp³-hybridized carbons (Fsp3) is 0.143. The van der Waals surface area contributed by atoms with Crippen molar-refractivity contribution in [1.29, 1.82) is 0 Å². The van der Waals surface area contributed by atoms with Gasteiger partial charge in [0, 0.05) is 0 Å². The SMILES string of the molecule is [Br-].[Li+].[Mg+2].[c-]1ccc2c(c1)OCO2.[c-]1ccc2c(c1)OCO2. The fourth-order valence-electron chi connectivity index (χ4n) is 1.58. The van der Waals surface area contributed by atoms with E-state index in [1.54, 1.807) is 24.3 Å². The van der Waals surface area contributed by atoms with Gasteiger partial charge in [-0.25, -0.2) is 0 Å². The standard InChI is InChI=1S/2C7H5O2.BrH.Li.Mg/c2*1-2-4-7-6(3-1)8-5-9-7;;;/h2*1,3-4H,5H2;1H;;/q2*-1;;+1;+2/p-1. The van der Waals surface area contributed by atoms with Gasteiger partial charge in [0.05, 0.1) is 23.0 Å². The molecule has 0 saturated heterocycles. The van der Waals surface area contributed by atoms with Crippen molar-refractivity contribution in [2.45, 2.75) is 0 Å². The Labute approximate surface area is 162 Å². The largest absolute Gasteiger partial charge is 2.00 e. The third-order valence-corrected chi connectivity index (χ3v) is 2.43. The summed E-state index contributed by atoms with van der Waals surface area (Å²) in [5, 5.41) is 0. The third-order valence-electron chi connectivity index (χ3n) is 2.43. The van der Waals surface area contributed by atoms with Crippen molar-refractivity contribution in [3.05, 3.63) is 48.5 Å². The van der Waals surface area contributed by atoms with E-state index < -0.39 is 0 Å². The number of halogens is 1. The topological polar surface area (TPSA) is 36.9 Å². The molecule has 0 aromatic heterocycles. The zero-order chi connectivity index (χ0) is 12.2. The molecule has 0 unspecified atom stereocenters. The van der Waals surface area contributed by atoms with Gasteiger partial charge in [0.2, 0.25) is 13.6 Å². The van der Waals surface area contributed by atoms with Gasteiger partial charge in [-0.15, -0.1) is 24.3 Å². The second kappa shape index (κ2) is 10.2. The Kier molecular flexibility index (Phi) is 10.00. The predicted molar refractivity (Wildman–Crippen MR) is 68.6 cm³/mol. The first kappa shape index (κ1) is 20.5. The molecule has 7 heteroatoms. The van der Waals surface area contributed by atoms with Crippen LogP contribution in [0.2, 0.25) is 0 Å². The van der Waals surface area contributed by atoms with Crippen molar-refractivity contribution in [3.8, 4) is 23.0 Å². The van der Waals surface area contributed by atoms with Gasteiger partial charge < -0.3 is 35.9 Å². The van der Waals surface area contributed by atoms with E-state index in [4.69, 9.17) is 18.9 Å². The maximum absolute atomic E-state index is 5.06. The molecule has 4 rings (SSSR count). The molecule has 0 N–H and O–H groups in total. The average Bonchev–Trinajstić information content (AvgIpc) is 3.08. The summed E-state index contributed by atoms with van der Waals surface area (Å²) in [6.07, 6.45) is 0. The van der Waals surface area contributed by atoms with Crippen LogP contribution in [0.3, 0.4) is 0 Å². The average molecular weight is 353 g/mol. The second-order valence-corrected chi connectivity index (χ2v) is 3.56. The predicted octanol–water partition coefficient (Wildman–Crippen LogP) is -3.94. The summed E-state index contributed by atoms with van der Waals surface area (Å²) in [5.74, 6) is 3.21. The van der Waals surface area contributed by atoms with Crippen LogP contribution in [-0.2, 0) is 0 Å². The van der Waals surface area contributed by atoms with Crippen molar-refractivity contribution in [3.63, 3.8) is 0 Å². The van der Waals surface area contributed by atoms with Crippen molar-refractivity contribution in [2.24, 2.45) is 0 Å². The van der Waals surface area contributed by atoms with E-state index in [1.807, 2.05) is 12.1 Å². The maximum Gasteiger partial charge on any atom is 2.00 e. The van der Waals surface area contributed by atoms with Crippen LogP contribution in [0, 0.1) is 12.1 Å². The van der Waals surface area contributed by atoms with Crippen LogP contribution in [0.1, 0.15) is 0 Å². The first-order valence-corrected chi connectivity index (χ1v) is 5.45. The van der Waals surface area contributed by atoms with E-state index in [9.17, 15) is 0 Å². The van der Waals surface area contributed by atoms with Gasteiger partial charge in [0.25, 0.3) is 0 Å².